The molecule has 0 radical (unpaired) electrons. The highest BCUT2D eigenvalue weighted by molar-refractivity contribution is 5.32. The van der Waals surface area contributed by atoms with Crippen LogP contribution in [0.3, 0.4) is 0 Å². The molecule has 0 spiro atoms. The third kappa shape index (κ3) is 3.34. The summed E-state index contributed by atoms with van der Waals surface area (Å²) >= 11 is 0. The van der Waals surface area contributed by atoms with Crippen molar-refractivity contribution in [2.75, 3.05) is 0 Å². The third-order valence-electron chi connectivity index (χ3n) is 6.11. The van der Waals surface area contributed by atoms with Crippen LogP contribution in [0.15, 0.2) is 24.3 Å². The summed E-state index contributed by atoms with van der Waals surface area (Å²) in [6, 6.07) is 9.55. The van der Waals surface area contributed by atoms with Gasteiger partial charge in [0.15, 0.2) is 0 Å². The summed E-state index contributed by atoms with van der Waals surface area (Å²) in [5, 5.41) is 0. The van der Waals surface area contributed by atoms with E-state index in [1.165, 1.54) is 44.9 Å². The van der Waals surface area contributed by atoms with Gasteiger partial charge in [-0.3, -0.25) is 0 Å². The first kappa shape index (κ1) is 15.1. The molecule has 3 rings (SSSR count). The zero-order chi connectivity index (χ0) is 14.8. The lowest BCUT2D eigenvalue weighted by atomic mass is 9.69. The Hall–Kier alpha value is -0.820. The standard InChI is InChI=1S/C20H31N/c1-14(2)16-10-11-20(21)18(12-16)13-17-8-5-7-15-6-3-4-9-19(15)17/h3-4,6,9,14,16-18,20H,5,7-8,10-13,21H2,1-2H3. The Labute approximate surface area is 130 Å². The van der Waals surface area contributed by atoms with E-state index < -0.39 is 0 Å². The first-order chi connectivity index (χ1) is 10.1. The van der Waals surface area contributed by atoms with Crippen LogP contribution in [0.25, 0.3) is 0 Å². The first-order valence-corrected chi connectivity index (χ1v) is 8.98. The predicted octanol–water partition coefficient (Wildman–Crippen LogP) is 4.90. The molecule has 4 atom stereocenters. The fraction of sp³-hybridized carbons (Fsp3) is 0.700. The van der Waals surface area contributed by atoms with E-state index in [2.05, 4.69) is 38.1 Å². The summed E-state index contributed by atoms with van der Waals surface area (Å²) in [6.07, 6.45) is 9.26. The highest BCUT2D eigenvalue weighted by Crippen LogP contribution is 2.41. The lowest BCUT2D eigenvalue weighted by Crippen LogP contribution is -2.38. The topological polar surface area (TPSA) is 26.0 Å². The Balaban J connectivity index is 1.71. The minimum Gasteiger partial charge on any atom is -0.327 e. The molecule has 1 fully saturated rings. The monoisotopic (exact) mass is 285 g/mol. The quantitative estimate of drug-likeness (QED) is 0.840. The molecule has 0 aromatic heterocycles. The normalized spacial score (nSPS) is 33.0. The van der Waals surface area contributed by atoms with Gasteiger partial charge in [0.05, 0.1) is 0 Å². The smallest absolute Gasteiger partial charge is 0.00675 e. The van der Waals surface area contributed by atoms with Crippen LogP contribution in [0.5, 0.6) is 0 Å². The van der Waals surface area contributed by atoms with Gasteiger partial charge in [-0.15, -0.1) is 0 Å². The van der Waals surface area contributed by atoms with Gasteiger partial charge < -0.3 is 5.73 Å². The Bertz CT molecular complexity index is 465. The third-order valence-corrected chi connectivity index (χ3v) is 6.11. The van der Waals surface area contributed by atoms with Crippen molar-refractivity contribution in [3.05, 3.63) is 35.4 Å². The molecule has 1 nitrogen and oxygen atoms in total. The number of nitrogens with two attached hydrogens (primary N) is 1. The van der Waals surface area contributed by atoms with Crippen LogP contribution in [-0.4, -0.2) is 6.04 Å². The Kier molecular flexibility index (Phi) is 4.69. The van der Waals surface area contributed by atoms with Crippen LogP contribution in [0.2, 0.25) is 0 Å². The molecular formula is C20H31N. The van der Waals surface area contributed by atoms with Crippen LogP contribution in [0.4, 0.5) is 0 Å². The van der Waals surface area contributed by atoms with Crippen molar-refractivity contribution >= 4 is 0 Å². The molecule has 0 saturated heterocycles. The molecule has 1 aromatic carbocycles. The fourth-order valence-corrected chi connectivity index (χ4v) is 4.67. The SMILES string of the molecule is CC(C)C1CCC(N)C(CC2CCCc3ccccc32)C1. The Morgan fingerprint density at radius 3 is 2.76 bits per heavy atom. The lowest BCUT2D eigenvalue weighted by molar-refractivity contribution is 0.173. The minimum absolute atomic E-state index is 0.439. The van der Waals surface area contributed by atoms with Gasteiger partial charge in [-0.05, 0) is 79.7 Å². The second-order valence-electron chi connectivity index (χ2n) is 7.76. The zero-order valence-electron chi connectivity index (χ0n) is 13.7. The number of aryl methyl sites for hydroxylation is 1. The van der Waals surface area contributed by atoms with E-state index in [-0.39, 0.29) is 0 Å². The van der Waals surface area contributed by atoms with Gasteiger partial charge in [-0.25, -0.2) is 0 Å². The van der Waals surface area contributed by atoms with Gasteiger partial charge in [0.25, 0.3) is 0 Å². The average Bonchev–Trinajstić information content (AvgIpc) is 2.49. The summed E-state index contributed by atoms with van der Waals surface area (Å²) < 4.78 is 0. The molecule has 116 valence electrons. The maximum atomic E-state index is 6.48. The number of rotatable bonds is 3. The zero-order valence-corrected chi connectivity index (χ0v) is 13.7. The van der Waals surface area contributed by atoms with E-state index in [9.17, 15) is 0 Å². The van der Waals surface area contributed by atoms with Gasteiger partial charge in [0.2, 0.25) is 0 Å². The summed E-state index contributed by atoms with van der Waals surface area (Å²) in [6.45, 7) is 4.77. The van der Waals surface area contributed by atoms with Crippen molar-refractivity contribution in [2.24, 2.45) is 23.5 Å². The van der Waals surface area contributed by atoms with E-state index in [1.54, 1.807) is 11.1 Å². The van der Waals surface area contributed by atoms with Gasteiger partial charge in [-0.2, -0.15) is 0 Å². The maximum Gasteiger partial charge on any atom is 0.00675 e. The molecule has 1 saturated carbocycles. The van der Waals surface area contributed by atoms with E-state index in [0.717, 1.165) is 23.7 Å². The van der Waals surface area contributed by atoms with Crippen LogP contribution in [-0.2, 0) is 6.42 Å². The van der Waals surface area contributed by atoms with Crippen LogP contribution in [0.1, 0.15) is 69.4 Å². The second kappa shape index (κ2) is 6.52. The average molecular weight is 285 g/mol. The van der Waals surface area contributed by atoms with Crippen LogP contribution >= 0.6 is 0 Å². The van der Waals surface area contributed by atoms with Crippen LogP contribution < -0.4 is 5.73 Å². The van der Waals surface area contributed by atoms with Crippen molar-refractivity contribution in [1.29, 1.82) is 0 Å². The Morgan fingerprint density at radius 2 is 1.95 bits per heavy atom. The molecule has 2 N–H and O–H groups in total. The van der Waals surface area contributed by atoms with Crippen molar-refractivity contribution in [3.8, 4) is 0 Å². The van der Waals surface area contributed by atoms with Gasteiger partial charge in [0.1, 0.15) is 0 Å². The second-order valence-corrected chi connectivity index (χ2v) is 7.76. The molecule has 2 aliphatic carbocycles. The minimum atomic E-state index is 0.439. The van der Waals surface area contributed by atoms with Crippen molar-refractivity contribution in [1.82, 2.24) is 0 Å². The van der Waals surface area contributed by atoms with Crippen LogP contribution in [0, 0.1) is 17.8 Å². The molecule has 2 aliphatic rings. The molecular weight excluding hydrogens is 254 g/mol. The first-order valence-electron chi connectivity index (χ1n) is 8.98. The number of fused-ring (bicyclic) bond motifs is 1. The number of benzene rings is 1. The highest BCUT2D eigenvalue weighted by atomic mass is 14.7. The molecule has 0 aliphatic heterocycles. The summed E-state index contributed by atoms with van der Waals surface area (Å²) in [5.74, 6) is 3.21. The molecule has 21 heavy (non-hydrogen) atoms. The van der Waals surface area contributed by atoms with Gasteiger partial charge >= 0.3 is 0 Å². The summed E-state index contributed by atoms with van der Waals surface area (Å²) in [5.41, 5.74) is 9.70. The van der Waals surface area contributed by atoms with E-state index in [4.69, 9.17) is 5.73 Å². The van der Waals surface area contributed by atoms with Gasteiger partial charge in [0, 0.05) is 6.04 Å². The predicted molar refractivity (Wildman–Crippen MR) is 90.4 cm³/mol. The molecule has 0 heterocycles. The van der Waals surface area contributed by atoms with E-state index >= 15 is 0 Å². The summed E-state index contributed by atoms with van der Waals surface area (Å²) in [7, 11) is 0. The molecule has 1 heteroatoms. The van der Waals surface area contributed by atoms with Gasteiger partial charge in [-0.1, -0.05) is 38.1 Å². The van der Waals surface area contributed by atoms with Crippen molar-refractivity contribution in [3.63, 3.8) is 0 Å². The van der Waals surface area contributed by atoms with E-state index in [1.807, 2.05) is 0 Å². The molecule has 1 aromatic rings. The summed E-state index contributed by atoms with van der Waals surface area (Å²) in [4.78, 5) is 0. The maximum absolute atomic E-state index is 6.48. The van der Waals surface area contributed by atoms with E-state index in [0.29, 0.717) is 6.04 Å². The molecule has 0 bridgehead atoms. The van der Waals surface area contributed by atoms with Crippen molar-refractivity contribution < 1.29 is 0 Å². The largest absolute Gasteiger partial charge is 0.327 e. The number of hydrogen-bond donors (Lipinski definition) is 1. The molecule has 4 unspecified atom stereocenters. The van der Waals surface area contributed by atoms with Crippen molar-refractivity contribution in [2.45, 2.75) is 70.8 Å². The fourth-order valence-electron chi connectivity index (χ4n) is 4.67. The Morgan fingerprint density at radius 1 is 1.14 bits per heavy atom. The lowest BCUT2D eigenvalue weighted by Gasteiger charge is -2.39. The number of hydrogen-bond acceptors (Lipinski definition) is 1. The highest BCUT2D eigenvalue weighted by Gasteiger charge is 2.32. The molecule has 0 amide bonds.